The van der Waals surface area contributed by atoms with Gasteiger partial charge < -0.3 is 14.4 Å². The molecule has 1 atom stereocenters. The van der Waals surface area contributed by atoms with Gasteiger partial charge in [0.15, 0.2) is 0 Å². The SMILES string of the molecule is COc1ccc(OCC2CCCN(C(=O)CCl)C2)cc1. The Morgan fingerprint density at radius 3 is 2.70 bits per heavy atom. The molecule has 5 heteroatoms. The van der Waals surface area contributed by atoms with Crippen LogP contribution in [0.5, 0.6) is 11.5 Å². The van der Waals surface area contributed by atoms with Crippen molar-refractivity contribution in [1.82, 2.24) is 4.90 Å². The highest BCUT2D eigenvalue weighted by Crippen LogP contribution is 2.21. The van der Waals surface area contributed by atoms with Crippen LogP contribution in [0.15, 0.2) is 24.3 Å². The topological polar surface area (TPSA) is 38.8 Å². The van der Waals surface area contributed by atoms with Gasteiger partial charge in [-0.25, -0.2) is 0 Å². The minimum atomic E-state index is 0.0146. The number of alkyl halides is 1. The van der Waals surface area contributed by atoms with Crippen molar-refractivity contribution in [1.29, 1.82) is 0 Å². The molecule has 1 saturated heterocycles. The third kappa shape index (κ3) is 4.04. The Kier molecular flexibility index (Phi) is 5.53. The number of likely N-dealkylation sites (tertiary alicyclic amines) is 1. The van der Waals surface area contributed by atoms with E-state index in [9.17, 15) is 4.79 Å². The van der Waals surface area contributed by atoms with Crippen molar-refractivity contribution in [2.24, 2.45) is 5.92 Å². The summed E-state index contributed by atoms with van der Waals surface area (Å²) in [4.78, 5) is 13.4. The molecule has 1 unspecified atom stereocenters. The largest absolute Gasteiger partial charge is 0.497 e. The quantitative estimate of drug-likeness (QED) is 0.784. The van der Waals surface area contributed by atoms with Crippen molar-refractivity contribution >= 4 is 17.5 Å². The van der Waals surface area contributed by atoms with Crippen molar-refractivity contribution in [2.75, 3.05) is 32.7 Å². The van der Waals surface area contributed by atoms with Crippen LogP contribution >= 0.6 is 11.6 Å². The van der Waals surface area contributed by atoms with E-state index in [-0.39, 0.29) is 11.8 Å². The van der Waals surface area contributed by atoms with E-state index >= 15 is 0 Å². The lowest BCUT2D eigenvalue weighted by Gasteiger charge is -2.32. The van der Waals surface area contributed by atoms with E-state index < -0.39 is 0 Å². The summed E-state index contributed by atoms with van der Waals surface area (Å²) in [6.07, 6.45) is 2.10. The minimum absolute atomic E-state index is 0.0146. The maximum atomic E-state index is 11.6. The molecular formula is C15H20ClNO3. The number of benzene rings is 1. The van der Waals surface area contributed by atoms with Crippen LogP contribution in [-0.4, -0.2) is 43.5 Å². The van der Waals surface area contributed by atoms with Crippen LogP contribution in [0.2, 0.25) is 0 Å². The highest BCUT2D eigenvalue weighted by atomic mass is 35.5. The Hall–Kier alpha value is -1.42. The summed E-state index contributed by atoms with van der Waals surface area (Å²) >= 11 is 5.60. The van der Waals surface area contributed by atoms with Gasteiger partial charge in [-0.05, 0) is 37.1 Å². The normalized spacial score (nSPS) is 18.7. The number of rotatable bonds is 5. The molecular weight excluding hydrogens is 278 g/mol. The number of amides is 1. The molecule has 20 heavy (non-hydrogen) atoms. The molecule has 1 fully saturated rings. The zero-order valence-electron chi connectivity index (χ0n) is 11.7. The number of halogens is 1. The van der Waals surface area contributed by atoms with Crippen LogP contribution < -0.4 is 9.47 Å². The van der Waals surface area contributed by atoms with Crippen LogP contribution in [0.1, 0.15) is 12.8 Å². The van der Waals surface area contributed by atoms with E-state index in [1.807, 2.05) is 29.2 Å². The fourth-order valence-electron chi connectivity index (χ4n) is 2.40. The summed E-state index contributed by atoms with van der Waals surface area (Å²) in [6.45, 7) is 2.17. The van der Waals surface area contributed by atoms with Crippen LogP contribution in [0.25, 0.3) is 0 Å². The Morgan fingerprint density at radius 2 is 2.05 bits per heavy atom. The minimum Gasteiger partial charge on any atom is -0.497 e. The van der Waals surface area contributed by atoms with Gasteiger partial charge in [-0.15, -0.1) is 11.6 Å². The molecule has 1 aliphatic heterocycles. The lowest BCUT2D eigenvalue weighted by atomic mass is 9.99. The molecule has 0 saturated carbocycles. The summed E-state index contributed by atoms with van der Waals surface area (Å²) in [7, 11) is 1.64. The Labute approximate surface area is 124 Å². The second kappa shape index (κ2) is 7.39. The van der Waals surface area contributed by atoms with Gasteiger partial charge in [-0.1, -0.05) is 0 Å². The average molecular weight is 298 g/mol. The molecule has 2 rings (SSSR count). The number of piperidine rings is 1. The number of hydrogen-bond acceptors (Lipinski definition) is 3. The first-order valence-corrected chi connectivity index (χ1v) is 7.37. The van der Waals surface area contributed by atoms with E-state index in [1.54, 1.807) is 7.11 Å². The van der Waals surface area contributed by atoms with E-state index in [2.05, 4.69) is 0 Å². The van der Waals surface area contributed by atoms with Crippen molar-refractivity contribution in [3.05, 3.63) is 24.3 Å². The molecule has 0 spiro atoms. The number of methoxy groups -OCH3 is 1. The molecule has 1 amide bonds. The molecule has 1 aromatic rings. The monoisotopic (exact) mass is 297 g/mol. The number of nitrogens with zero attached hydrogens (tertiary/aromatic N) is 1. The van der Waals surface area contributed by atoms with Gasteiger partial charge in [0.2, 0.25) is 5.91 Å². The molecule has 0 aromatic heterocycles. The van der Waals surface area contributed by atoms with Gasteiger partial charge in [-0.2, -0.15) is 0 Å². The molecule has 0 aliphatic carbocycles. The Bertz CT molecular complexity index is 435. The Balaban J connectivity index is 1.82. The summed E-state index contributed by atoms with van der Waals surface area (Å²) in [5, 5.41) is 0. The molecule has 0 bridgehead atoms. The zero-order valence-corrected chi connectivity index (χ0v) is 12.4. The molecule has 4 nitrogen and oxygen atoms in total. The second-order valence-corrected chi connectivity index (χ2v) is 5.24. The summed E-state index contributed by atoms with van der Waals surface area (Å²) in [5.74, 6) is 2.09. The molecule has 1 heterocycles. The van der Waals surface area contributed by atoms with Crippen LogP contribution in [0.4, 0.5) is 0 Å². The van der Waals surface area contributed by atoms with Gasteiger partial charge in [0, 0.05) is 19.0 Å². The summed E-state index contributed by atoms with van der Waals surface area (Å²) in [5.41, 5.74) is 0. The predicted octanol–water partition coefficient (Wildman–Crippen LogP) is 2.55. The Morgan fingerprint density at radius 1 is 1.35 bits per heavy atom. The van der Waals surface area contributed by atoms with Gasteiger partial charge in [0.25, 0.3) is 0 Å². The lowest BCUT2D eigenvalue weighted by molar-refractivity contribution is -0.130. The molecule has 1 aromatic carbocycles. The van der Waals surface area contributed by atoms with Crippen LogP contribution in [0, 0.1) is 5.92 Å². The zero-order chi connectivity index (χ0) is 14.4. The smallest absolute Gasteiger partial charge is 0.237 e. The average Bonchev–Trinajstić information content (AvgIpc) is 2.53. The maximum absolute atomic E-state index is 11.6. The summed E-state index contributed by atoms with van der Waals surface area (Å²) in [6, 6.07) is 7.53. The van der Waals surface area contributed by atoms with Gasteiger partial charge >= 0.3 is 0 Å². The highest BCUT2D eigenvalue weighted by Gasteiger charge is 2.23. The number of carbonyl (C=O) groups is 1. The van der Waals surface area contributed by atoms with Gasteiger partial charge in [0.1, 0.15) is 17.4 Å². The third-order valence-electron chi connectivity index (χ3n) is 3.53. The first-order valence-electron chi connectivity index (χ1n) is 6.83. The highest BCUT2D eigenvalue weighted by molar-refractivity contribution is 6.27. The fraction of sp³-hybridized carbons (Fsp3) is 0.533. The van der Waals surface area contributed by atoms with Crippen molar-refractivity contribution < 1.29 is 14.3 Å². The molecule has 110 valence electrons. The lowest BCUT2D eigenvalue weighted by Crippen LogP contribution is -2.42. The van der Waals surface area contributed by atoms with E-state index in [4.69, 9.17) is 21.1 Å². The van der Waals surface area contributed by atoms with Crippen LogP contribution in [0.3, 0.4) is 0 Å². The third-order valence-corrected chi connectivity index (χ3v) is 3.76. The van der Waals surface area contributed by atoms with Crippen molar-refractivity contribution in [3.63, 3.8) is 0 Å². The second-order valence-electron chi connectivity index (χ2n) is 4.97. The number of carbonyl (C=O) groups excluding carboxylic acids is 1. The van der Waals surface area contributed by atoms with Crippen molar-refractivity contribution in [2.45, 2.75) is 12.8 Å². The first kappa shape index (κ1) is 15.0. The predicted molar refractivity (Wildman–Crippen MR) is 78.5 cm³/mol. The fourth-order valence-corrected chi connectivity index (χ4v) is 2.57. The van der Waals surface area contributed by atoms with Crippen molar-refractivity contribution in [3.8, 4) is 11.5 Å². The van der Waals surface area contributed by atoms with E-state index in [0.717, 1.165) is 37.4 Å². The molecule has 0 radical (unpaired) electrons. The maximum Gasteiger partial charge on any atom is 0.237 e. The number of ether oxygens (including phenoxy) is 2. The number of hydrogen-bond donors (Lipinski definition) is 0. The summed E-state index contributed by atoms with van der Waals surface area (Å²) < 4.78 is 10.9. The van der Waals surface area contributed by atoms with Gasteiger partial charge in [-0.3, -0.25) is 4.79 Å². The van der Waals surface area contributed by atoms with Crippen LogP contribution in [-0.2, 0) is 4.79 Å². The van der Waals surface area contributed by atoms with Gasteiger partial charge in [0.05, 0.1) is 13.7 Å². The molecule has 0 N–H and O–H groups in total. The van der Waals surface area contributed by atoms with E-state index in [0.29, 0.717) is 12.5 Å². The molecule has 1 aliphatic rings. The van der Waals surface area contributed by atoms with E-state index in [1.165, 1.54) is 0 Å². The standard InChI is InChI=1S/C15H20ClNO3/c1-19-13-4-6-14(7-5-13)20-11-12-3-2-8-17(10-12)15(18)9-16/h4-7,12H,2-3,8-11H2,1H3. The first-order chi connectivity index (χ1) is 9.72.